The van der Waals surface area contributed by atoms with Gasteiger partial charge in [-0.25, -0.2) is 4.79 Å². The number of carbonyl (C=O) groups excluding carboxylic acids is 2. The number of nitrogens with zero attached hydrogens (tertiary/aromatic N) is 4. The number of rotatable bonds is 9. The Morgan fingerprint density at radius 3 is 2.41 bits per heavy atom. The van der Waals surface area contributed by atoms with E-state index in [1.807, 2.05) is 30.3 Å². The van der Waals surface area contributed by atoms with Crippen LogP contribution in [0.4, 0.5) is 11.4 Å². The van der Waals surface area contributed by atoms with Gasteiger partial charge in [0.15, 0.2) is 0 Å². The lowest BCUT2D eigenvalue weighted by Gasteiger charge is -2.20. The number of halogens is 1. The number of anilines is 2. The van der Waals surface area contributed by atoms with Crippen LogP contribution < -0.4 is 16.0 Å². The third-order valence-electron chi connectivity index (χ3n) is 5.35. The van der Waals surface area contributed by atoms with Gasteiger partial charge >= 0.3 is 17.8 Å². The zero-order valence-electron chi connectivity index (χ0n) is 19.3. The van der Waals surface area contributed by atoms with E-state index in [4.69, 9.17) is 16.7 Å². The Morgan fingerprint density at radius 1 is 0.973 bits per heavy atom. The molecule has 0 aliphatic rings. The predicted molar refractivity (Wildman–Crippen MR) is 137 cm³/mol. The first-order valence-corrected chi connectivity index (χ1v) is 11.5. The average molecular weight is 520 g/mol. The second-order valence-electron chi connectivity index (χ2n) is 7.99. The molecule has 12 heteroatoms. The molecular formula is C25H22ClN7O4. The summed E-state index contributed by atoms with van der Waals surface area (Å²) in [4.78, 5) is 36.8. The van der Waals surface area contributed by atoms with Crippen LogP contribution in [0.2, 0.25) is 5.02 Å². The molecule has 0 unspecified atom stereocenters. The molecule has 0 saturated carbocycles. The third-order valence-corrected chi connectivity index (χ3v) is 5.59. The number of aromatic carboxylic acids is 1. The van der Waals surface area contributed by atoms with Crippen LogP contribution in [0.1, 0.15) is 15.9 Å². The average Bonchev–Trinajstić information content (AvgIpc) is 3.43. The summed E-state index contributed by atoms with van der Waals surface area (Å²) >= 11 is 6.09. The summed E-state index contributed by atoms with van der Waals surface area (Å²) in [6.07, 6.45) is 1.80. The van der Waals surface area contributed by atoms with Crippen molar-refractivity contribution in [2.75, 3.05) is 17.2 Å². The minimum Gasteiger partial charge on any atom is -0.478 e. The quantitative estimate of drug-likeness (QED) is 0.246. The summed E-state index contributed by atoms with van der Waals surface area (Å²) in [5, 5.41) is 28.9. The smallest absolute Gasteiger partial charge is 0.335 e. The number of benzene rings is 3. The fourth-order valence-corrected chi connectivity index (χ4v) is 3.73. The first-order valence-electron chi connectivity index (χ1n) is 11.1. The van der Waals surface area contributed by atoms with Gasteiger partial charge < -0.3 is 21.1 Å². The number of nitrogens with one attached hydrogen (secondary N) is 3. The molecule has 0 spiro atoms. The van der Waals surface area contributed by atoms with Crippen molar-refractivity contribution >= 4 is 40.8 Å². The standard InChI is InChI=1S/C25H22ClN7O4/c26-18-8-11-22(33-15-28-31-32-33)21(13-18)30-24(35)23(34)29-20(12-16-4-2-1-3-5-16)14-27-19-9-6-17(7-10-19)25(36)37/h1-11,13,15,20,27H,12,14H2,(H,29,34)(H,30,35)(H,36,37)/t20-/m0/s1. The van der Waals surface area contributed by atoms with Crippen molar-refractivity contribution < 1.29 is 19.5 Å². The van der Waals surface area contributed by atoms with Gasteiger partial charge in [-0.1, -0.05) is 41.9 Å². The Balaban J connectivity index is 1.46. The number of aromatic nitrogens is 4. The van der Waals surface area contributed by atoms with Crippen LogP contribution in [0, 0.1) is 0 Å². The molecule has 11 nitrogen and oxygen atoms in total. The highest BCUT2D eigenvalue weighted by Crippen LogP contribution is 2.23. The van der Waals surface area contributed by atoms with Crippen LogP contribution >= 0.6 is 11.6 Å². The fraction of sp³-hybridized carbons (Fsp3) is 0.120. The lowest BCUT2D eigenvalue weighted by molar-refractivity contribution is -0.136. The normalized spacial score (nSPS) is 11.4. The Labute approximate surface area is 216 Å². The number of hydrogen-bond acceptors (Lipinski definition) is 7. The maximum absolute atomic E-state index is 12.9. The van der Waals surface area contributed by atoms with Gasteiger partial charge in [0.25, 0.3) is 0 Å². The molecule has 3 aromatic carbocycles. The van der Waals surface area contributed by atoms with Crippen LogP contribution in [0.3, 0.4) is 0 Å². The number of amides is 2. The van der Waals surface area contributed by atoms with E-state index in [1.165, 1.54) is 29.2 Å². The first kappa shape index (κ1) is 25.3. The number of tetrazole rings is 1. The van der Waals surface area contributed by atoms with Crippen LogP contribution in [0.5, 0.6) is 0 Å². The van der Waals surface area contributed by atoms with E-state index in [-0.39, 0.29) is 17.8 Å². The van der Waals surface area contributed by atoms with Crippen molar-refractivity contribution in [2.24, 2.45) is 0 Å². The number of carbonyl (C=O) groups is 3. The van der Waals surface area contributed by atoms with E-state index < -0.39 is 23.8 Å². The molecule has 0 fully saturated rings. The van der Waals surface area contributed by atoms with Crippen LogP contribution in [-0.2, 0) is 16.0 Å². The molecule has 188 valence electrons. The predicted octanol–water partition coefficient (Wildman–Crippen LogP) is 2.79. The maximum Gasteiger partial charge on any atom is 0.335 e. The molecule has 1 aromatic heterocycles. The molecule has 4 rings (SSSR count). The van der Waals surface area contributed by atoms with Crippen LogP contribution in [0.25, 0.3) is 5.69 Å². The molecule has 0 aliphatic carbocycles. The Hall–Kier alpha value is -4.77. The van der Waals surface area contributed by atoms with Crippen molar-refractivity contribution in [1.82, 2.24) is 25.5 Å². The number of hydrogen-bond donors (Lipinski definition) is 4. The summed E-state index contributed by atoms with van der Waals surface area (Å²) < 4.78 is 1.33. The van der Waals surface area contributed by atoms with E-state index in [0.29, 0.717) is 22.8 Å². The van der Waals surface area contributed by atoms with Crippen molar-refractivity contribution in [3.63, 3.8) is 0 Å². The third kappa shape index (κ3) is 6.89. The Kier molecular flexibility index (Phi) is 8.06. The fourth-order valence-electron chi connectivity index (χ4n) is 3.55. The molecule has 0 aliphatic heterocycles. The van der Waals surface area contributed by atoms with Gasteiger partial charge in [0.1, 0.15) is 6.33 Å². The van der Waals surface area contributed by atoms with Gasteiger partial charge in [-0.15, -0.1) is 5.10 Å². The highest BCUT2D eigenvalue weighted by atomic mass is 35.5. The minimum atomic E-state index is -1.02. The van der Waals surface area contributed by atoms with Crippen molar-refractivity contribution in [2.45, 2.75) is 12.5 Å². The van der Waals surface area contributed by atoms with Gasteiger partial charge in [0.05, 0.1) is 23.0 Å². The van der Waals surface area contributed by atoms with Gasteiger partial charge in [0, 0.05) is 17.3 Å². The lowest BCUT2D eigenvalue weighted by atomic mass is 10.1. The Morgan fingerprint density at radius 2 is 1.73 bits per heavy atom. The van der Waals surface area contributed by atoms with Gasteiger partial charge in [-0.05, 0) is 64.9 Å². The van der Waals surface area contributed by atoms with Crippen LogP contribution in [-0.4, -0.2) is 55.7 Å². The first-order chi connectivity index (χ1) is 17.9. The molecule has 0 saturated heterocycles. The summed E-state index contributed by atoms with van der Waals surface area (Å²) in [7, 11) is 0. The highest BCUT2D eigenvalue weighted by Gasteiger charge is 2.21. The largest absolute Gasteiger partial charge is 0.478 e. The molecule has 37 heavy (non-hydrogen) atoms. The van der Waals surface area contributed by atoms with E-state index in [0.717, 1.165) is 5.56 Å². The van der Waals surface area contributed by atoms with E-state index in [2.05, 4.69) is 31.5 Å². The van der Waals surface area contributed by atoms with Crippen LogP contribution in [0.15, 0.2) is 79.1 Å². The van der Waals surface area contributed by atoms with E-state index >= 15 is 0 Å². The van der Waals surface area contributed by atoms with E-state index in [1.54, 1.807) is 24.3 Å². The summed E-state index contributed by atoms with van der Waals surface area (Å²) in [6, 6.07) is 20.0. The van der Waals surface area contributed by atoms with Crippen molar-refractivity contribution in [3.05, 3.63) is 95.3 Å². The molecule has 1 heterocycles. The van der Waals surface area contributed by atoms with Gasteiger partial charge in [-0.2, -0.15) is 4.68 Å². The molecule has 2 amide bonds. The molecule has 1 atom stereocenters. The zero-order valence-corrected chi connectivity index (χ0v) is 20.1. The molecular weight excluding hydrogens is 498 g/mol. The van der Waals surface area contributed by atoms with Crippen molar-refractivity contribution in [1.29, 1.82) is 0 Å². The summed E-state index contributed by atoms with van der Waals surface area (Å²) in [5.74, 6) is -2.75. The lowest BCUT2D eigenvalue weighted by Crippen LogP contribution is -2.46. The monoisotopic (exact) mass is 519 g/mol. The maximum atomic E-state index is 12.9. The van der Waals surface area contributed by atoms with E-state index in [9.17, 15) is 14.4 Å². The Bertz CT molecular complexity index is 1380. The molecule has 0 radical (unpaired) electrons. The number of carboxylic acid groups (broad SMARTS) is 1. The minimum absolute atomic E-state index is 0.165. The topological polar surface area (TPSA) is 151 Å². The number of carboxylic acids is 1. The summed E-state index contributed by atoms with van der Waals surface area (Å²) in [6.45, 7) is 0.285. The van der Waals surface area contributed by atoms with Crippen molar-refractivity contribution in [3.8, 4) is 5.69 Å². The molecule has 4 aromatic rings. The summed E-state index contributed by atoms with van der Waals surface area (Å²) in [5.41, 5.74) is 2.50. The molecule has 0 bridgehead atoms. The zero-order chi connectivity index (χ0) is 26.2. The second-order valence-corrected chi connectivity index (χ2v) is 8.43. The highest BCUT2D eigenvalue weighted by molar-refractivity contribution is 6.40. The van der Waals surface area contributed by atoms with Gasteiger partial charge in [0.2, 0.25) is 0 Å². The molecule has 4 N–H and O–H groups in total. The van der Waals surface area contributed by atoms with Gasteiger partial charge in [-0.3, -0.25) is 9.59 Å². The SMILES string of the molecule is O=C(Nc1cc(Cl)ccc1-n1cnnn1)C(=O)N[C@H](CNc1ccc(C(=O)O)cc1)Cc1ccccc1. The second kappa shape index (κ2) is 11.8.